The minimum Gasteiger partial charge on any atom is -0.392 e. The van der Waals surface area contributed by atoms with Gasteiger partial charge in [0.05, 0.1) is 6.10 Å². The Balaban J connectivity index is 2.51. The van der Waals surface area contributed by atoms with Crippen molar-refractivity contribution < 1.29 is 5.11 Å². The minimum absolute atomic E-state index is 0.262. The molecule has 2 rings (SSSR count). The number of anilines is 4. The van der Waals surface area contributed by atoms with E-state index in [1.807, 2.05) is 0 Å². The second kappa shape index (κ2) is 7.91. The molecule has 9 nitrogen and oxygen atoms in total. The van der Waals surface area contributed by atoms with Crippen LogP contribution in [0.4, 0.5) is 23.5 Å². The highest BCUT2D eigenvalue weighted by Gasteiger charge is 2.15. The Morgan fingerprint density at radius 2 is 1.46 bits per heavy atom. The first-order valence-corrected chi connectivity index (χ1v) is 8.12. The van der Waals surface area contributed by atoms with E-state index in [2.05, 4.69) is 55.1 Å². The molecule has 0 bridgehead atoms. The molecule has 0 saturated carbocycles. The van der Waals surface area contributed by atoms with Crippen LogP contribution in [0.25, 0.3) is 11.0 Å². The van der Waals surface area contributed by atoms with Gasteiger partial charge in [-0.2, -0.15) is 9.97 Å². The number of fused-ring (bicyclic) bond motifs is 1. The van der Waals surface area contributed by atoms with Gasteiger partial charge in [0.2, 0.25) is 11.9 Å². The summed E-state index contributed by atoms with van der Waals surface area (Å²) in [6.45, 7) is 6.23. The Hall–Kier alpha value is -2.42. The van der Waals surface area contributed by atoms with Crippen molar-refractivity contribution in [1.82, 2.24) is 19.9 Å². The fourth-order valence-electron chi connectivity index (χ4n) is 2.07. The Labute approximate surface area is 141 Å². The summed E-state index contributed by atoms with van der Waals surface area (Å²) in [5.41, 5.74) is 1.24. The summed E-state index contributed by atoms with van der Waals surface area (Å²) in [4.78, 5) is 17.9. The smallest absolute Gasteiger partial charge is 0.225 e. The molecule has 2 atom stereocenters. The van der Waals surface area contributed by atoms with Crippen LogP contribution in [0.2, 0.25) is 0 Å². The number of aliphatic hydroxyl groups excluding tert-OH is 1. The molecule has 0 aliphatic carbocycles. The van der Waals surface area contributed by atoms with Gasteiger partial charge in [-0.05, 0) is 20.3 Å². The van der Waals surface area contributed by atoms with E-state index in [0.717, 1.165) is 6.42 Å². The summed E-state index contributed by atoms with van der Waals surface area (Å²) >= 11 is 0. The third-order valence-corrected chi connectivity index (χ3v) is 3.56. The van der Waals surface area contributed by atoms with Crippen molar-refractivity contribution in [1.29, 1.82) is 0 Å². The predicted molar refractivity (Wildman–Crippen MR) is 97.8 cm³/mol. The topological polar surface area (TPSA) is 120 Å². The van der Waals surface area contributed by atoms with Crippen LogP contribution in [0.15, 0.2) is 0 Å². The van der Waals surface area contributed by atoms with Crippen LogP contribution < -0.4 is 21.3 Å². The SMILES string of the molecule is CC[C@H](C)Nc1nc(NC)c2nc(NC[C@@H](C)O)nc(NC)c2n1. The first-order chi connectivity index (χ1) is 11.5. The first kappa shape index (κ1) is 17.9. The zero-order chi connectivity index (χ0) is 17.7. The zero-order valence-electron chi connectivity index (χ0n) is 14.8. The van der Waals surface area contributed by atoms with Crippen LogP contribution in [0.3, 0.4) is 0 Å². The maximum Gasteiger partial charge on any atom is 0.225 e. The number of aromatic nitrogens is 4. The molecule has 0 aliphatic heterocycles. The molecule has 0 radical (unpaired) electrons. The largest absolute Gasteiger partial charge is 0.392 e. The van der Waals surface area contributed by atoms with E-state index in [1.54, 1.807) is 21.0 Å². The lowest BCUT2D eigenvalue weighted by Gasteiger charge is -2.15. The third kappa shape index (κ3) is 4.10. The van der Waals surface area contributed by atoms with Crippen molar-refractivity contribution in [3.05, 3.63) is 0 Å². The van der Waals surface area contributed by atoms with Gasteiger partial charge in [-0.25, -0.2) is 9.97 Å². The van der Waals surface area contributed by atoms with E-state index in [-0.39, 0.29) is 6.04 Å². The Kier molecular flexibility index (Phi) is 5.91. The van der Waals surface area contributed by atoms with Crippen LogP contribution in [-0.2, 0) is 0 Å². The number of nitrogens with zero attached hydrogens (tertiary/aromatic N) is 4. The van der Waals surface area contributed by atoms with Crippen molar-refractivity contribution in [2.75, 3.05) is 41.9 Å². The van der Waals surface area contributed by atoms with E-state index >= 15 is 0 Å². The Morgan fingerprint density at radius 1 is 0.917 bits per heavy atom. The maximum absolute atomic E-state index is 9.42. The molecule has 0 aliphatic rings. The van der Waals surface area contributed by atoms with E-state index < -0.39 is 6.10 Å². The molecular weight excluding hydrogens is 308 g/mol. The molecule has 0 fully saturated rings. The van der Waals surface area contributed by atoms with Gasteiger partial charge in [0.1, 0.15) is 11.0 Å². The summed E-state index contributed by atoms with van der Waals surface area (Å²) in [6, 6.07) is 0.262. The minimum atomic E-state index is -0.496. The van der Waals surface area contributed by atoms with Crippen molar-refractivity contribution in [3.8, 4) is 0 Å². The van der Waals surface area contributed by atoms with Crippen LogP contribution in [-0.4, -0.2) is 57.8 Å². The van der Waals surface area contributed by atoms with Gasteiger partial charge in [0, 0.05) is 26.7 Å². The van der Waals surface area contributed by atoms with Gasteiger partial charge in [0.25, 0.3) is 0 Å². The van der Waals surface area contributed by atoms with Crippen LogP contribution >= 0.6 is 0 Å². The summed E-state index contributed by atoms with van der Waals surface area (Å²) in [5.74, 6) is 2.16. The van der Waals surface area contributed by atoms with Gasteiger partial charge in [-0.15, -0.1) is 0 Å². The molecular formula is C15H26N8O. The molecule has 2 heterocycles. The molecule has 9 heteroatoms. The molecule has 0 amide bonds. The van der Waals surface area contributed by atoms with E-state index in [4.69, 9.17) is 0 Å². The summed E-state index contributed by atoms with van der Waals surface area (Å²) in [6.07, 6.45) is 0.470. The molecule has 2 aromatic rings. The van der Waals surface area contributed by atoms with Crippen molar-refractivity contribution in [2.24, 2.45) is 0 Å². The Bertz CT molecular complexity index is 691. The number of aliphatic hydroxyl groups is 1. The molecule has 5 N–H and O–H groups in total. The molecule has 0 saturated heterocycles. The highest BCUT2D eigenvalue weighted by molar-refractivity contribution is 5.94. The van der Waals surface area contributed by atoms with Gasteiger partial charge >= 0.3 is 0 Å². The zero-order valence-corrected chi connectivity index (χ0v) is 14.8. The molecule has 24 heavy (non-hydrogen) atoms. The standard InChI is InChI=1S/C15H26N8O/c1-6-8(2)19-15-21-11-10(13(17-5)23-15)20-14(18-7-9(3)24)22-12(11)16-4/h8-9,24H,6-7H2,1-5H3,(H2,16,18,20,22)(H2,17,19,21,23)/t8-,9+/m0/s1. The monoisotopic (exact) mass is 334 g/mol. The fraction of sp³-hybridized carbons (Fsp3) is 0.600. The molecule has 132 valence electrons. The second-order valence-corrected chi connectivity index (χ2v) is 5.67. The predicted octanol–water partition coefficient (Wildman–Crippen LogP) is 1.51. The lowest BCUT2D eigenvalue weighted by molar-refractivity contribution is 0.208. The maximum atomic E-state index is 9.42. The lowest BCUT2D eigenvalue weighted by atomic mass is 10.3. The second-order valence-electron chi connectivity index (χ2n) is 5.67. The van der Waals surface area contributed by atoms with Gasteiger partial charge < -0.3 is 26.4 Å². The molecule has 0 spiro atoms. The Morgan fingerprint density at radius 3 is 1.96 bits per heavy atom. The normalized spacial score (nSPS) is 13.4. The number of hydrogen-bond acceptors (Lipinski definition) is 9. The van der Waals surface area contributed by atoms with Gasteiger partial charge in [-0.1, -0.05) is 6.92 Å². The fourth-order valence-corrected chi connectivity index (χ4v) is 2.07. The van der Waals surface area contributed by atoms with E-state index in [0.29, 0.717) is 41.1 Å². The van der Waals surface area contributed by atoms with E-state index in [9.17, 15) is 5.11 Å². The molecule has 2 aromatic heterocycles. The highest BCUT2D eigenvalue weighted by atomic mass is 16.3. The van der Waals surface area contributed by atoms with Gasteiger partial charge in [0.15, 0.2) is 11.6 Å². The van der Waals surface area contributed by atoms with Crippen LogP contribution in [0.1, 0.15) is 27.2 Å². The van der Waals surface area contributed by atoms with Crippen molar-refractivity contribution in [2.45, 2.75) is 39.3 Å². The van der Waals surface area contributed by atoms with Gasteiger partial charge in [-0.3, -0.25) is 0 Å². The molecule has 0 unspecified atom stereocenters. The van der Waals surface area contributed by atoms with E-state index in [1.165, 1.54) is 0 Å². The summed E-state index contributed by atoms with van der Waals surface area (Å²) in [5, 5.41) is 21.8. The summed E-state index contributed by atoms with van der Waals surface area (Å²) in [7, 11) is 3.57. The average Bonchev–Trinajstić information content (AvgIpc) is 2.58. The number of rotatable bonds is 8. The highest BCUT2D eigenvalue weighted by Crippen LogP contribution is 2.26. The molecule has 0 aromatic carbocycles. The summed E-state index contributed by atoms with van der Waals surface area (Å²) < 4.78 is 0. The quantitative estimate of drug-likeness (QED) is 0.489. The number of nitrogens with one attached hydrogen (secondary N) is 4. The van der Waals surface area contributed by atoms with Crippen LogP contribution in [0.5, 0.6) is 0 Å². The average molecular weight is 334 g/mol. The van der Waals surface area contributed by atoms with Crippen molar-refractivity contribution in [3.63, 3.8) is 0 Å². The third-order valence-electron chi connectivity index (χ3n) is 3.56. The van der Waals surface area contributed by atoms with Crippen LogP contribution in [0, 0.1) is 0 Å². The number of hydrogen-bond donors (Lipinski definition) is 5. The van der Waals surface area contributed by atoms with Crippen molar-refractivity contribution >= 4 is 34.6 Å². The lowest BCUT2D eigenvalue weighted by Crippen LogP contribution is -2.18. The first-order valence-electron chi connectivity index (χ1n) is 8.12.